The van der Waals surface area contributed by atoms with Crippen molar-refractivity contribution >= 4 is 68.1 Å². The number of nitrogens with one attached hydrogen (secondary N) is 4. The highest BCUT2D eigenvalue weighted by Crippen LogP contribution is 2.35. The molecule has 2 aromatic rings. The molecule has 1 saturated heterocycles. The Morgan fingerprint density at radius 1 is 1.04 bits per heavy atom. The number of aromatic amines is 1. The van der Waals surface area contributed by atoms with Crippen molar-refractivity contribution in [2.45, 2.75) is 95.8 Å². The van der Waals surface area contributed by atoms with Gasteiger partial charge in [-0.25, -0.2) is 4.79 Å². The Kier molecular flexibility index (Phi) is 12.9. The van der Waals surface area contributed by atoms with Gasteiger partial charge in [0, 0.05) is 47.5 Å². The Morgan fingerprint density at radius 2 is 1.74 bits per heavy atom. The topological polar surface area (TPSA) is 187 Å². The number of esters is 1. The van der Waals surface area contributed by atoms with E-state index in [9.17, 15) is 28.8 Å². The van der Waals surface area contributed by atoms with Crippen molar-refractivity contribution in [1.82, 2.24) is 25.8 Å². The maximum atomic E-state index is 14.0. The molecule has 1 fully saturated rings. The fraction of sp³-hybridized carbons (Fsp3) is 0.548. The van der Waals surface area contributed by atoms with Crippen LogP contribution in [0.2, 0.25) is 0 Å². The second kappa shape index (κ2) is 16.2. The number of rotatable bonds is 14. The van der Waals surface area contributed by atoms with Crippen molar-refractivity contribution in [1.29, 1.82) is 0 Å². The quantitative estimate of drug-likeness (QED) is 0.147. The van der Waals surface area contributed by atoms with Crippen LogP contribution in [0.1, 0.15) is 59.9 Å². The van der Waals surface area contributed by atoms with Gasteiger partial charge >= 0.3 is 11.9 Å². The second-order valence-corrected chi connectivity index (χ2v) is 15.4. The molecular formula is C31H43N5O8S2. The summed E-state index contributed by atoms with van der Waals surface area (Å²) >= 11 is 0. The molecule has 0 spiro atoms. The lowest BCUT2D eigenvalue weighted by Gasteiger charge is -2.30. The first-order valence-electron chi connectivity index (χ1n) is 15.0. The number of carboxylic acids is 1. The summed E-state index contributed by atoms with van der Waals surface area (Å²) in [7, 11) is 2.95. The molecular weight excluding hydrogens is 635 g/mol. The van der Waals surface area contributed by atoms with Crippen molar-refractivity contribution in [3.8, 4) is 0 Å². The molecule has 0 saturated carbocycles. The standard InChI is InChI=1S/C31H43N5O8S2/c1-17(29(41)42)33-26(38)18(2)44-30(43)25-12-9-13-36(25)28(40)24(16-45-46-31(4,5)6)35-27(39)23(34-19(3)37)14-20-15-32-22-11-8-7-10-21(20)22/h7-8,10-11,15,17-18,23-25,32H,9,12-14,16H2,1-6H3,(H,33,38)(H,34,37)(H,35,39)(H,41,42). The van der Waals surface area contributed by atoms with Crippen LogP contribution in [0.4, 0.5) is 0 Å². The molecule has 1 aliphatic heterocycles. The smallest absolute Gasteiger partial charge is 0.329 e. The number of para-hydroxylation sites is 1. The molecule has 2 heterocycles. The zero-order valence-electron chi connectivity index (χ0n) is 26.9. The number of hydrogen-bond acceptors (Lipinski definition) is 9. The summed E-state index contributed by atoms with van der Waals surface area (Å²) in [5.41, 5.74) is 1.71. The van der Waals surface area contributed by atoms with E-state index in [1.165, 1.54) is 36.5 Å². The number of H-pyrrole nitrogens is 1. The highest BCUT2D eigenvalue weighted by Gasteiger charge is 2.40. The summed E-state index contributed by atoms with van der Waals surface area (Å²) in [6, 6.07) is 3.43. The van der Waals surface area contributed by atoms with Crippen LogP contribution < -0.4 is 16.0 Å². The van der Waals surface area contributed by atoms with Gasteiger partial charge in [0.1, 0.15) is 24.2 Å². The first kappa shape index (κ1) is 36.7. The van der Waals surface area contributed by atoms with Gasteiger partial charge in [0.2, 0.25) is 17.7 Å². The molecule has 5 atom stereocenters. The molecule has 4 amide bonds. The number of carbonyl (C=O) groups excluding carboxylic acids is 5. The average Bonchev–Trinajstić information content (AvgIpc) is 3.62. The Hall–Kier alpha value is -3.72. The maximum absolute atomic E-state index is 14.0. The molecule has 5 unspecified atom stereocenters. The monoisotopic (exact) mass is 677 g/mol. The third kappa shape index (κ3) is 10.4. The molecule has 1 aromatic heterocycles. The van der Waals surface area contributed by atoms with Gasteiger partial charge in [-0.15, -0.1) is 0 Å². The molecule has 0 aliphatic carbocycles. The van der Waals surface area contributed by atoms with Crippen LogP contribution in [0.3, 0.4) is 0 Å². The average molecular weight is 678 g/mol. The SMILES string of the molecule is CC(=O)NC(Cc1c[nH]c2ccccc12)C(=O)NC(CSSC(C)(C)C)C(=O)N1CCCC1C(=O)OC(C)C(=O)NC(C)C(=O)O. The van der Waals surface area contributed by atoms with Crippen LogP contribution in [0, 0.1) is 0 Å². The summed E-state index contributed by atoms with van der Waals surface area (Å²) in [4.78, 5) is 80.9. The Bertz CT molecular complexity index is 1440. The van der Waals surface area contributed by atoms with Gasteiger partial charge < -0.3 is 35.7 Å². The fourth-order valence-corrected chi connectivity index (χ4v) is 7.33. The van der Waals surface area contributed by atoms with Crippen LogP contribution in [-0.2, 0) is 39.9 Å². The van der Waals surface area contributed by atoms with Gasteiger partial charge in [-0.3, -0.25) is 24.0 Å². The third-order valence-corrected chi connectivity index (χ3v) is 10.5. The van der Waals surface area contributed by atoms with Crippen molar-refractivity contribution in [3.05, 3.63) is 36.0 Å². The predicted octanol–water partition coefficient (Wildman–Crippen LogP) is 2.39. The maximum Gasteiger partial charge on any atom is 0.329 e. The zero-order chi connectivity index (χ0) is 34.2. The number of hydrogen-bond donors (Lipinski definition) is 5. The van der Waals surface area contributed by atoms with E-state index in [1.54, 1.807) is 17.0 Å². The van der Waals surface area contributed by atoms with E-state index in [4.69, 9.17) is 9.84 Å². The highest BCUT2D eigenvalue weighted by molar-refractivity contribution is 8.77. The van der Waals surface area contributed by atoms with E-state index in [1.807, 2.05) is 45.0 Å². The van der Waals surface area contributed by atoms with Crippen LogP contribution in [0.5, 0.6) is 0 Å². The summed E-state index contributed by atoms with van der Waals surface area (Å²) < 4.78 is 5.20. The van der Waals surface area contributed by atoms with Crippen LogP contribution in [0.15, 0.2) is 30.5 Å². The lowest BCUT2D eigenvalue weighted by molar-refractivity contribution is -0.162. The number of carboxylic acid groups (broad SMARTS) is 1. The molecule has 3 rings (SSSR count). The molecule has 1 aromatic carbocycles. The van der Waals surface area contributed by atoms with Crippen molar-refractivity contribution in [2.75, 3.05) is 12.3 Å². The number of fused-ring (bicyclic) bond motifs is 1. The molecule has 5 N–H and O–H groups in total. The third-order valence-electron chi connectivity index (χ3n) is 7.15. The number of carbonyl (C=O) groups is 6. The molecule has 0 bridgehead atoms. The van der Waals surface area contributed by atoms with Gasteiger partial charge in [-0.2, -0.15) is 0 Å². The van der Waals surface area contributed by atoms with Gasteiger partial charge in [0.25, 0.3) is 5.91 Å². The minimum atomic E-state index is -1.29. The molecule has 15 heteroatoms. The van der Waals surface area contributed by atoms with Gasteiger partial charge in [0.15, 0.2) is 6.10 Å². The Balaban J connectivity index is 1.78. The largest absolute Gasteiger partial charge is 0.480 e. The lowest BCUT2D eigenvalue weighted by atomic mass is 10.0. The van der Waals surface area contributed by atoms with Crippen molar-refractivity contribution in [3.63, 3.8) is 0 Å². The predicted molar refractivity (Wildman–Crippen MR) is 177 cm³/mol. The van der Waals surface area contributed by atoms with Gasteiger partial charge in [-0.1, -0.05) is 60.6 Å². The number of amides is 4. The van der Waals surface area contributed by atoms with Gasteiger partial charge in [-0.05, 0) is 38.3 Å². The number of nitrogens with zero attached hydrogens (tertiary/aromatic N) is 1. The number of aromatic nitrogens is 1. The van der Waals surface area contributed by atoms with E-state index in [0.717, 1.165) is 16.5 Å². The number of aliphatic carboxylic acids is 1. The van der Waals surface area contributed by atoms with Crippen LogP contribution >= 0.6 is 21.6 Å². The van der Waals surface area contributed by atoms with Gasteiger partial charge in [0.05, 0.1) is 0 Å². The van der Waals surface area contributed by atoms with Crippen molar-refractivity contribution < 1.29 is 38.6 Å². The first-order chi connectivity index (χ1) is 21.6. The minimum absolute atomic E-state index is 0.134. The first-order valence-corrected chi connectivity index (χ1v) is 17.4. The van der Waals surface area contributed by atoms with Crippen LogP contribution in [-0.4, -0.2) is 97.9 Å². The summed E-state index contributed by atoms with van der Waals surface area (Å²) in [6.45, 7) is 10.2. The summed E-state index contributed by atoms with van der Waals surface area (Å²) in [6.07, 6.45) is 1.48. The minimum Gasteiger partial charge on any atom is -0.480 e. The van der Waals surface area contributed by atoms with E-state index in [0.29, 0.717) is 12.8 Å². The highest BCUT2D eigenvalue weighted by atomic mass is 33.1. The van der Waals surface area contributed by atoms with E-state index >= 15 is 0 Å². The van der Waals surface area contributed by atoms with E-state index in [-0.39, 0.29) is 23.5 Å². The number of likely N-dealkylation sites (tertiary alicyclic amines) is 1. The van der Waals surface area contributed by atoms with E-state index < -0.39 is 65.8 Å². The molecule has 13 nitrogen and oxygen atoms in total. The van der Waals surface area contributed by atoms with E-state index in [2.05, 4.69) is 20.9 Å². The lowest BCUT2D eigenvalue weighted by Crippen LogP contribution is -2.57. The molecule has 46 heavy (non-hydrogen) atoms. The Labute approximate surface area is 276 Å². The molecule has 252 valence electrons. The van der Waals surface area contributed by atoms with Crippen LogP contribution in [0.25, 0.3) is 10.9 Å². The Morgan fingerprint density at radius 3 is 2.39 bits per heavy atom. The molecule has 1 aliphatic rings. The number of benzene rings is 1. The normalized spacial score (nSPS) is 17.4. The second-order valence-electron chi connectivity index (χ2n) is 12.2. The van der Waals surface area contributed by atoms with Crippen molar-refractivity contribution in [2.24, 2.45) is 0 Å². The zero-order valence-corrected chi connectivity index (χ0v) is 28.5. The number of ether oxygens (including phenoxy) is 1. The summed E-state index contributed by atoms with van der Waals surface area (Å²) in [5.74, 6) is -4.06. The summed E-state index contributed by atoms with van der Waals surface area (Å²) in [5, 5.41) is 17.7. The molecule has 0 radical (unpaired) electrons. The fourth-order valence-electron chi connectivity index (χ4n) is 4.88.